The maximum Gasteiger partial charge on any atom is 0.339 e. The quantitative estimate of drug-likeness (QED) is 0.897. The minimum atomic E-state index is -4.04. The Hall–Kier alpha value is -2.54. The van der Waals surface area contributed by atoms with Gasteiger partial charge >= 0.3 is 5.97 Å². The number of phenols is 1. The number of sulfonamides is 1. The second kappa shape index (κ2) is 5.27. The van der Waals surface area contributed by atoms with Gasteiger partial charge in [-0.05, 0) is 42.7 Å². The zero-order chi connectivity index (χ0) is 16.8. The summed E-state index contributed by atoms with van der Waals surface area (Å²) in [5, 5.41) is 19.3. The molecule has 23 heavy (non-hydrogen) atoms. The smallest absolute Gasteiger partial charge is 0.339 e. The van der Waals surface area contributed by atoms with Crippen molar-refractivity contribution in [3.8, 4) is 5.75 Å². The topological polar surface area (TPSA) is 94.9 Å². The van der Waals surface area contributed by atoms with Crippen LogP contribution in [-0.4, -0.2) is 31.1 Å². The highest BCUT2D eigenvalue weighted by Crippen LogP contribution is 2.37. The van der Waals surface area contributed by atoms with E-state index in [9.17, 15) is 18.3 Å². The summed E-state index contributed by atoms with van der Waals surface area (Å²) in [6.45, 7) is 1.85. The van der Waals surface area contributed by atoms with Gasteiger partial charge in [-0.2, -0.15) is 0 Å². The maximum atomic E-state index is 12.9. The molecule has 0 fully saturated rings. The minimum absolute atomic E-state index is 0.261. The van der Waals surface area contributed by atoms with Crippen LogP contribution in [0.3, 0.4) is 0 Å². The third-order valence-corrected chi connectivity index (χ3v) is 5.69. The van der Waals surface area contributed by atoms with Crippen LogP contribution in [0.5, 0.6) is 5.75 Å². The Morgan fingerprint density at radius 2 is 1.91 bits per heavy atom. The summed E-state index contributed by atoms with van der Waals surface area (Å²) in [6.07, 6.45) is 0.577. The van der Waals surface area contributed by atoms with Crippen molar-refractivity contribution >= 4 is 21.7 Å². The number of carbonyl (C=O) groups is 1. The summed E-state index contributed by atoms with van der Waals surface area (Å²) in [7, 11) is -4.04. The fourth-order valence-electron chi connectivity index (χ4n) is 2.78. The van der Waals surface area contributed by atoms with Crippen LogP contribution in [0.4, 0.5) is 5.69 Å². The molecule has 0 aromatic heterocycles. The highest BCUT2D eigenvalue weighted by Gasteiger charge is 2.34. The van der Waals surface area contributed by atoms with E-state index in [0.717, 1.165) is 5.56 Å². The van der Waals surface area contributed by atoms with E-state index in [4.69, 9.17) is 5.11 Å². The normalized spacial score (nSPS) is 13.9. The van der Waals surface area contributed by atoms with Gasteiger partial charge in [0.05, 0.1) is 5.69 Å². The summed E-state index contributed by atoms with van der Waals surface area (Å²) >= 11 is 0. The van der Waals surface area contributed by atoms with Crippen LogP contribution in [0, 0.1) is 6.92 Å². The van der Waals surface area contributed by atoms with E-state index in [-0.39, 0.29) is 11.4 Å². The lowest BCUT2D eigenvalue weighted by Gasteiger charge is -2.21. The van der Waals surface area contributed by atoms with Gasteiger partial charge in [-0.3, -0.25) is 4.31 Å². The van der Waals surface area contributed by atoms with Crippen LogP contribution in [0.2, 0.25) is 0 Å². The number of fused-ring (bicyclic) bond motifs is 1. The lowest BCUT2D eigenvalue weighted by molar-refractivity contribution is 0.0693. The molecule has 6 nitrogen and oxygen atoms in total. The zero-order valence-corrected chi connectivity index (χ0v) is 13.2. The molecule has 0 spiro atoms. The molecule has 0 unspecified atom stereocenters. The fraction of sp³-hybridized carbons (Fsp3) is 0.188. The van der Waals surface area contributed by atoms with Crippen molar-refractivity contribution in [3.63, 3.8) is 0 Å². The molecule has 0 aliphatic carbocycles. The Bertz CT molecular complexity index is 905. The van der Waals surface area contributed by atoms with E-state index >= 15 is 0 Å². The van der Waals surface area contributed by atoms with Crippen molar-refractivity contribution in [1.29, 1.82) is 0 Å². The van der Waals surface area contributed by atoms with E-state index in [1.54, 1.807) is 19.1 Å². The molecule has 1 aliphatic heterocycles. The molecule has 2 aromatic carbocycles. The van der Waals surface area contributed by atoms with E-state index < -0.39 is 27.3 Å². The van der Waals surface area contributed by atoms with Crippen molar-refractivity contribution in [3.05, 3.63) is 53.1 Å². The number of carboxylic acids is 1. The van der Waals surface area contributed by atoms with E-state index in [0.29, 0.717) is 17.7 Å². The van der Waals surface area contributed by atoms with Gasteiger partial charge in [-0.1, -0.05) is 18.2 Å². The van der Waals surface area contributed by atoms with Crippen LogP contribution in [-0.2, 0) is 16.4 Å². The third kappa shape index (κ3) is 2.43. The average molecular weight is 333 g/mol. The molecule has 0 atom stereocenters. The molecule has 0 amide bonds. The molecular weight excluding hydrogens is 318 g/mol. The summed E-state index contributed by atoms with van der Waals surface area (Å²) in [5.74, 6) is -2.10. The number of carboxylic acid groups (broad SMARTS) is 1. The van der Waals surface area contributed by atoms with Crippen molar-refractivity contribution < 1.29 is 23.4 Å². The van der Waals surface area contributed by atoms with Crippen LogP contribution < -0.4 is 4.31 Å². The number of benzene rings is 2. The number of para-hydroxylation sites is 1. The number of hydrogen-bond donors (Lipinski definition) is 2. The third-order valence-electron chi connectivity index (χ3n) is 3.86. The molecular formula is C16H15NO5S. The van der Waals surface area contributed by atoms with Crippen molar-refractivity contribution in [1.82, 2.24) is 0 Å². The lowest BCUT2D eigenvalue weighted by atomic mass is 10.1. The number of nitrogens with zero attached hydrogens (tertiary/aromatic N) is 1. The molecule has 2 aromatic rings. The van der Waals surface area contributed by atoms with E-state index in [1.807, 2.05) is 12.1 Å². The van der Waals surface area contributed by atoms with E-state index in [2.05, 4.69) is 0 Å². The monoisotopic (exact) mass is 333 g/mol. The number of aryl methyl sites for hydroxylation is 1. The number of rotatable bonds is 3. The van der Waals surface area contributed by atoms with Gasteiger partial charge in [0.15, 0.2) is 5.75 Å². The first kappa shape index (κ1) is 15.4. The second-order valence-electron chi connectivity index (χ2n) is 5.42. The minimum Gasteiger partial charge on any atom is -0.506 e. The molecule has 1 aliphatic rings. The SMILES string of the molecule is Cc1cc(C(=O)O)c(O)c(S(=O)(=O)N2CCc3ccccc32)c1. The largest absolute Gasteiger partial charge is 0.506 e. The van der Waals surface area contributed by atoms with Crippen LogP contribution in [0.1, 0.15) is 21.5 Å². The number of aromatic hydroxyl groups is 1. The van der Waals surface area contributed by atoms with Crippen LogP contribution in [0.15, 0.2) is 41.3 Å². The first-order valence-electron chi connectivity index (χ1n) is 7.00. The first-order chi connectivity index (χ1) is 10.8. The fourth-order valence-corrected chi connectivity index (χ4v) is 4.48. The molecule has 2 N–H and O–H groups in total. The van der Waals surface area contributed by atoms with Gasteiger partial charge in [0.25, 0.3) is 10.0 Å². The number of aromatic carboxylic acids is 1. The summed E-state index contributed by atoms with van der Waals surface area (Å²) in [6, 6.07) is 9.66. The van der Waals surface area contributed by atoms with Gasteiger partial charge in [0, 0.05) is 6.54 Å². The second-order valence-corrected chi connectivity index (χ2v) is 7.25. The van der Waals surface area contributed by atoms with Crippen LogP contribution >= 0.6 is 0 Å². The van der Waals surface area contributed by atoms with Gasteiger partial charge in [0.2, 0.25) is 0 Å². The van der Waals surface area contributed by atoms with Crippen LogP contribution in [0.25, 0.3) is 0 Å². The van der Waals surface area contributed by atoms with Crippen molar-refractivity contribution in [2.75, 3.05) is 10.8 Å². The average Bonchev–Trinajstić information content (AvgIpc) is 2.93. The van der Waals surface area contributed by atoms with Gasteiger partial charge in [0.1, 0.15) is 10.5 Å². The Morgan fingerprint density at radius 3 is 2.61 bits per heavy atom. The van der Waals surface area contributed by atoms with Gasteiger partial charge in [-0.25, -0.2) is 13.2 Å². The van der Waals surface area contributed by atoms with E-state index in [1.165, 1.54) is 16.4 Å². The molecule has 3 rings (SSSR count). The molecule has 0 saturated carbocycles. The molecule has 0 bridgehead atoms. The maximum absolute atomic E-state index is 12.9. The van der Waals surface area contributed by atoms with Gasteiger partial charge in [-0.15, -0.1) is 0 Å². The number of anilines is 1. The zero-order valence-electron chi connectivity index (χ0n) is 12.4. The predicted octanol–water partition coefficient (Wildman–Crippen LogP) is 2.15. The Balaban J connectivity index is 2.17. The first-order valence-corrected chi connectivity index (χ1v) is 8.44. The summed E-state index contributed by atoms with van der Waals surface area (Å²) in [4.78, 5) is 10.8. The molecule has 7 heteroatoms. The highest BCUT2D eigenvalue weighted by atomic mass is 32.2. The number of hydrogen-bond acceptors (Lipinski definition) is 4. The molecule has 0 saturated heterocycles. The Morgan fingerprint density at radius 1 is 1.22 bits per heavy atom. The summed E-state index contributed by atoms with van der Waals surface area (Å²) in [5.41, 5.74) is 1.49. The van der Waals surface area contributed by atoms with Crippen molar-refractivity contribution in [2.45, 2.75) is 18.2 Å². The Labute approximate surface area is 133 Å². The van der Waals surface area contributed by atoms with Crippen molar-refractivity contribution in [2.24, 2.45) is 0 Å². The predicted molar refractivity (Wildman–Crippen MR) is 84.5 cm³/mol. The highest BCUT2D eigenvalue weighted by molar-refractivity contribution is 7.93. The molecule has 1 heterocycles. The Kier molecular flexibility index (Phi) is 3.52. The van der Waals surface area contributed by atoms with Gasteiger partial charge < -0.3 is 10.2 Å². The lowest BCUT2D eigenvalue weighted by Crippen LogP contribution is -2.29. The molecule has 0 radical (unpaired) electrons. The standard InChI is InChI=1S/C16H15NO5S/c1-10-8-12(16(19)20)15(18)14(9-10)23(21,22)17-7-6-11-4-2-3-5-13(11)17/h2-5,8-9,18H,6-7H2,1H3,(H,19,20). The summed E-state index contributed by atoms with van der Waals surface area (Å²) < 4.78 is 27.0. The molecule has 120 valence electrons.